The lowest BCUT2D eigenvalue weighted by atomic mass is 10.1. The summed E-state index contributed by atoms with van der Waals surface area (Å²) in [5.74, 6) is -1.24. The molecule has 0 aliphatic carbocycles. The van der Waals surface area contributed by atoms with E-state index in [1.807, 2.05) is 6.92 Å². The third-order valence-electron chi connectivity index (χ3n) is 4.83. The van der Waals surface area contributed by atoms with E-state index in [9.17, 15) is 23.1 Å². The van der Waals surface area contributed by atoms with Crippen LogP contribution in [0, 0.1) is 0 Å². The molecule has 160 valence electrons. The van der Waals surface area contributed by atoms with E-state index in [1.54, 1.807) is 35.0 Å². The van der Waals surface area contributed by atoms with Crippen LogP contribution in [0.3, 0.4) is 0 Å². The van der Waals surface area contributed by atoms with Crippen LogP contribution >= 0.6 is 0 Å². The molecule has 0 radical (unpaired) electrons. The first-order valence-electron chi connectivity index (χ1n) is 9.42. The fourth-order valence-corrected chi connectivity index (χ4v) is 3.57. The number of alkyl halides is 3. The number of fused-ring (bicyclic) bond motifs is 2. The molecule has 0 aliphatic heterocycles. The first-order chi connectivity index (χ1) is 14.8. The van der Waals surface area contributed by atoms with E-state index < -0.39 is 18.8 Å². The maximum atomic E-state index is 12.6. The molecule has 0 fully saturated rings. The highest BCUT2D eigenvalue weighted by atomic mass is 19.4. The quantitative estimate of drug-likeness (QED) is 0.492. The van der Waals surface area contributed by atoms with Crippen molar-refractivity contribution in [1.29, 1.82) is 0 Å². The van der Waals surface area contributed by atoms with Crippen LogP contribution < -0.4 is 4.74 Å². The number of rotatable bonds is 6. The summed E-state index contributed by atoms with van der Waals surface area (Å²) < 4.78 is 44.3. The molecule has 31 heavy (non-hydrogen) atoms. The second kappa shape index (κ2) is 7.86. The van der Waals surface area contributed by atoms with Crippen molar-refractivity contribution in [2.45, 2.75) is 26.1 Å². The van der Waals surface area contributed by atoms with Crippen LogP contribution in [0.25, 0.3) is 21.7 Å². The first-order valence-corrected chi connectivity index (χ1v) is 9.42. The Morgan fingerprint density at radius 3 is 2.58 bits per heavy atom. The van der Waals surface area contributed by atoms with Crippen LogP contribution in [-0.2, 0) is 13.0 Å². The average Bonchev–Trinajstić information content (AvgIpc) is 3.09. The number of benzene rings is 1. The summed E-state index contributed by atoms with van der Waals surface area (Å²) in [6.07, 6.45) is -1.11. The molecule has 4 aromatic rings. The number of carbonyl (C=O) groups is 1. The Morgan fingerprint density at radius 1 is 1.16 bits per heavy atom. The number of aromatic carboxylic acids is 1. The molecular weight excluding hydrogens is 413 g/mol. The number of hydrogen-bond acceptors (Lipinski definition) is 5. The van der Waals surface area contributed by atoms with Crippen molar-refractivity contribution < 1.29 is 27.8 Å². The van der Waals surface area contributed by atoms with E-state index in [0.29, 0.717) is 39.4 Å². The van der Waals surface area contributed by atoms with Crippen molar-refractivity contribution in [2.75, 3.05) is 6.61 Å². The highest BCUT2D eigenvalue weighted by Gasteiger charge is 2.29. The first kappa shape index (κ1) is 20.6. The molecule has 1 N–H and O–H groups in total. The van der Waals surface area contributed by atoms with Gasteiger partial charge in [0.15, 0.2) is 12.3 Å². The molecule has 4 rings (SSSR count). The van der Waals surface area contributed by atoms with Crippen LogP contribution in [0.4, 0.5) is 13.2 Å². The Morgan fingerprint density at radius 2 is 1.90 bits per heavy atom. The highest BCUT2D eigenvalue weighted by molar-refractivity contribution is 6.01. The van der Waals surface area contributed by atoms with Crippen LogP contribution in [-0.4, -0.2) is 43.6 Å². The minimum atomic E-state index is -4.47. The average molecular weight is 430 g/mol. The number of hydrogen-bond donors (Lipinski definition) is 1. The van der Waals surface area contributed by atoms with E-state index in [0.717, 1.165) is 0 Å². The third-order valence-corrected chi connectivity index (χ3v) is 4.83. The number of carboxylic acid groups (broad SMARTS) is 1. The Labute approximate surface area is 174 Å². The van der Waals surface area contributed by atoms with Gasteiger partial charge in [0, 0.05) is 29.0 Å². The Balaban J connectivity index is 1.78. The molecule has 0 unspecified atom stereocenters. The lowest BCUT2D eigenvalue weighted by Crippen LogP contribution is -2.19. The van der Waals surface area contributed by atoms with Crippen LogP contribution in [0.2, 0.25) is 0 Å². The number of aryl methyl sites for hydroxylation is 1. The van der Waals surface area contributed by atoms with E-state index in [4.69, 9.17) is 4.74 Å². The van der Waals surface area contributed by atoms with Gasteiger partial charge in [-0.25, -0.2) is 14.8 Å². The molecule has 0 amide bonds. The van der Waals surface area contributed by atoms with Gasteiger partial charge in [-0.1, -0.05) is 25.1 Å². The molecule has 0 bridgehead atoms. The number of ether oxygens (including phenoxy) is 1. The van der Waals surface area contributed by atoms with Crippen LogP contribution in [0.1, 0.15) is 28.7 Å². The zero-order chi connectivity index (χ0) is 22.2. The van der Waals surface area contributed by atoms with Gasteiger partial charge in [-0.2, -0.15) is 18.3 Å². The van der Waals surface area contributed by atoms with Gasteiger partial charge in [0.2, 0.25) is 5.88 Å². The van der Waals surface area contributed by atoms with Crippen molar-refractivity contribution in [3.8, 4) is 5.88 Å². The Kier molecular flexibility index (Phi) is 5.22. The second-order valence-corrected chi connectivity index (χ2v) is 6.85. The smallest absolute Gasteiger partial charge is 0.422 e. The normalized spacial score (nSPS) is 11.9. The van der Waals surface area contributed by atoms with Gasteiger partial charge in [0.1, 0.15) is 0 Å². The number of halogens is 3. The van der Waals surface area contributed by atoms with Crippen LogP contribution in [0.5, 0.6) is 5.88 Å². The number of pyridine rings is 2. The minimum Gasteiger partial charge on any atom is -0.476 e. The monoisotopic (exact) mass is 430 g/mol. The summed E-state index contributed by atoms with van der Waals surface area (Å²) in [5, 5.41) is 15.6. The lowest BCUT2D eigenvalue weighted by molar-refractivity contribution is -0.153. The van der Waals surface area contributed by atoms with Crippen LogP contribution in [0.15, 0.2) is 42.7 Å². The largest absolute Gasteiger partial charge is 0.476 e. The van der Waals surface area contributed by atoms with Crippen molar-refractivity contribution in [3.63, 3.8) is 0 Å². The standard InChI is InChI=1S/C21H17F3N4O3/c1-2-16-17-15(7-8-25-18(17)20(29)30)27-28(16)10-12-9-26-19(31-11-21(22,23)24)14-6-4-3-5-13(12)14/h3-9H,2,10-11H2,1H3,(H,29,30). The van der Waals surface area contributed by atoms with Gasteiger partial charge >= 0.3 is 12.1 Å². The molecule has 3 heterocycles. The minimum absolute atomic E-state index is 0.0699. The van der Waals surface area contributed by atoms with E-state index in [2.05, 4.69) is 15.1 Å². The molecular formula is C21H17F3N4O3. The van der Waals surface area contributed by atoms with Crippen molar-refractivity contribution in [2.24, 2.45) is 0 Å². The van der Waals surface area contributed by atoms with Gasteiger partial charge < -0.3 is 9.84 Å². The summed E-state index contributed by atoms with van der Waals surface area (Å²) >= 11 is 0. The fraction of sp³-hybridized carbons (Fsp3) is 0.238. The Hall–Kier alpha value is -3.69. The molecule has 3 aromatic heterocycles. The summed E-state index contributed by atoms with van der Waals surface area (Å²) in [5.41, 5.74) is 1.84. The lowest BCUT2D eigenvalue weighted by Gasteiger charge is -2.13. The third kappa shape index (κ3) is 4.00. The van der Waals surface area contributed by atoms with Crippen molar-refractivity contribution in [1.82, 2.24) is 19.7 Å². The summed E-state index contributed by atoms with van der Waals surface area (Å²) in [4.78, 5) is 19.6. The van der Waals surface area contributed by atoms with Gasteiger partial charge in [-0.05, 0) is 23.9 Å². The predicted octanol–water partition coefficient (Wildman–Crippen LogP) is 4.23. The van der Waals surface area contributed by atoms with E-state index in [1.165, 1.54) is 12.4 Å². The van der Waals surface area contributed by atoms with Gasteiger partial charge in [0.25, 0.3) is 0 Å². The number of carboxylic acids is 1. The van der Waals surface area contributed by atoms with E-state index in [-0.39, 0.29) is 18.1 Å². The molecule has 0 atom stereocenters. The SMILES string of the molecule is CCc1c2c(C(=O)O)nccc2nn1Cc1cnc(OCC(F)(F)F)c2ccccc12. The summed E-state index contributed by atoms with van der Waals surface area (Å²) in [6, 6.07) is 8.52. The number of nitrogens with zero attached hydrogens (tertiary/aromatic N) is 4. The highest BCUT2D eigenvalue weighted by Crippen LogP contribution is 2.29. The van der Waals surface area contributed by atoms with Gasteiger partial charge in [-0.3, -0.25) is 4.68 Å². The molecule has 0 aliphatic rings. The van der Waals surface area contributed by atoms with Crippen molar-refractivity contribution >= 4 is 27.6 Å². The molecule has 1 aromatic carbocycles. The van der Waals surface area contributed by atoms with E-state index >= 15 is 0 Å². The Bertz CT molecular complexity index is 1280. The molecule has 0 saturated carbocycles. The predicted molar refractivity (Wildman–Crippen MR) is 106 cm³/mol. The topological polar surface area (TPSA) is 90.1 Å². The second-order valence-electron chi connectivity index (χ2n) is 6.85. The summed E-state index contributed by atoms with van der Waals surface area (Å²) in [6.45, 7) is 0.707. The fourth-order valence-electron chi connectivity index (χ4n) is 3.57. The molecule has 7 nitrogen and oxygen atoms in total. The van der Waals surface area contributed by atoms with Crippen molar-refractivity contribution in [3.05, 3.63) is 59.7 Å². The zero-order valence-corrected chi connectivity index (χ0v) is 16.3. The molecule has 10 heteroatoms. The number of aromatic nitrogens is 4. The zero-order valence-electron chi connectivity index (χ0n) is 16.3. The molecule has 0 spiro atoms. The maximum absolute atomic E-state index is 12.6. The molecule has 0 saturated heterocycles. The summed E-state index contributed by atoms with van der Waals surface area (Å²) in [7, 11) is 0. The maximum Gasteiger partial charge on any atom is 0.422 e. The van der Waals surface area contributed by atoms with Gasteiger partial charge in [-0.15, -0.1) is 0 Å². The van der Waals surface area contributed by atoms with Gasteiger partial charge in [0.05, 0.1) is 17.4 Å².